The third kappa shape index (κ3) is 2.80. The number of carbonyl (C=O) groups is 1. The number of anilines is 1. The van der Waals surface area contributed by atoms with E-state index in [1.54, 1.807) is 0 Å². The van der Waals surface area contributed by atoms with Crippen molar-refractivity contribution < 1.29 is 9.21 Å². The van der Waals surface area contributed by atoms with Gasteiger partial charge < -0.3 is 14.6 Å². The molecule has 0 radical (unpaired) electrons. The molecule has 1 aliphatic carbocycles. The number of amides is 1. The molecule has 0 atom stereocenters. The van der Waals surface area contributed by atoms with Crippen LogP contribution >= 0.6 is 0 Å². The lowest BCUT2D eigenvalue weighted by Gasteiger charge is -2.28. The molecule has 0 unspecified atom stereocenters. The predicted molar refractivity (Wildman–Crippen MR) is 103 cm³/mol. The molecular formula is C20H22N6O2. The van der Waals surface area contributed by atoms with E-state index in [-0.39, 0.29) is 11.4 Å². The monoisotopic (exact) mass is 378 g/mol. The highest BCUT2D eigenvalue weighted by molar-refractivity contribution is 6.10. The van der Waals surface area contributed by atoms with Gasteiger partial charge in [0.25, 0.3) is 5.91 Å². The summed E-state index contributed by atoms with van der Waals surface area (Å²) in [4.78, 5) is 32.7. The zero-order valence-electron chi connectivity index (χ0n) is 16.2. The van der Waals surface area contributed by atoms with E-state index in [1.165, 1.54) is 6.33 Å². The van der Waals surface area contributed by atoms with E-state index in [4.69, 9.17) is 4.42 Å². The molecular weight excluding hydrogens is 356 g/mol. The van der Waals surface area contributed by atoms with Gasteiger partial charge in [-0.2, -0.15) is 0 Å². The molecule has 4 heterocycles. The fourth-order valence-electron chi connectivity index (χ4n) is 3.74. The Morgan fingerprint density at radius 1 is 1.25 bits per heavy atom. The molecule has 0 aromatic carbocycles. The maximum atomic E-state index is 13.4. The first kappa shape index (κ1) is 17.1. The van der Waals surface area contributed by atoms with Crippen molar-refractivity contribution >= 4 is 22.8 Å². The largest absolute Gasteiger partial charge is 0.442 e. The van der Waals surface area contributed by atoms with Crippen LogP contribution in [0.3, 0.4) is 0 Å². The Morgan fingerprint density at radius 3 is 2.86 bits per heavy atom. The number of carbonyl (C=O) groups excluding carboxylic acids is 1. The van der Waals surface area contributed by atoms with E-state index < -0.39 is 0 Å². The molecule has 1 aliphatic heterocycles. The Hall–Kier alpha value is -3.03. The minimum Gasteiger partial charge on any atom is -0.442 e. The van der Waals surface area contributed by atoms with Crippen LogP contribution in [0.4, 0.5) is 5.82 Å². The number of hydrogen-bond acceptors (Lipinski definition) is 7. The van der Waals surface area contributed by atoms with E-state index in [9.17, 15) is 4.79 Å². The van der Waals surface area contributed by atoms with E-state index in [0.29, 0.717) is 41.3 Å². The minimum absolute atomic E-state index is 0.0338. The van der Waals surface area contributed by atoms with Crippen molar-refractivity contribution in [3.05, 3.63) is 40.9 Å². The summed E-state index contributed by atoms with van der Waals surface area (Å²) in [6, 6.07) is 0. The van der Waals surface area contributed by atoms with Gasteiger partial charge in [-0.25, -0.2) is 19.9 Å². The van der Waals surface area contributed by atoms with Gasteiger partial charge >= 0.3 is 0 Å². The van der Waals surface area contributed by atoms with Crippen molar-refractivity contribution in [3.63, 3.8) is 0 Å². The number of nitrogens with zero attached hydrogens (tertiary/aromatic N) is 5. The average Bonchev–Trinajstić information content (AvgIpc) is 3.29. The van der Waals surface area contributed by atoms with Crippen molar-refractivity contribution in [2.45, 2.75) is 52.1 Å². The number of nitrogens with one attached hydrogen (secondary N) is 1. The van der Waals surface area contributed by atoms with Crippen LogP contribution in [-0.2, 0) is 13.0 Å². The number of aryl methyl sites for hydroxylation is 2. The summed E-state index contributed by atoms with van der Waals surface area (Å²) in [5.74, 6) is 1.93. The predicted octanol–water partition coefficient (Wildman–Crippen LogP) is 2.79. The maximum absolute atomic E-state index is 13.4. The molecule has 3 aromatic heterocycles. The van der Waals surface area contributed by atoms with Crippen molar-refractivity contribution in [3.8, 4) is 0 Å². The highest BCUT2D eigenvalue weighted by Gasteiger charge is 2.39. The molecule has 8 nitrogen and oxygen atoms in total. The van der Waals surface area contributed by atoms with Gasteiger partial charge in [-0.3, -0.25) is 4.79 Å². The highest BCUT2D eigenvalue weighted by Crippen LogP contribution is 2.40. The molecule has 1 fully saturated rings. The Balaban J connectivity index is 1.53. The summed E-state index contributed by atoms with van der Waals surface area (Å²) in [5.41, 5.74) is 3.04. The Morgan fingerprint density at radius 2 is 2.07 bits per heavy atom. The van der Waals surface area contributed by atoms with Gasteiger partial charge in [0.1, 0.15) is 23.7 Å². The number of rotatable bonds is 3. The van der Waals surface area contributed by atoms with E-state index in [2.05, 4.69) is 32.2 Å². The fraction of sp³-hybridized carbons (Fsp3) is 0.450. The lowest BCUT2D eigenvalue weighted by molar-refractivity contribution is 0.0733. The van der Waals surface area contributed by atoms with E-state index in [1.807, 2.05) is 24.9 Å². The summed E-state index contributed by atoms with van der Waals surface area (Å²) in [7, 11) is 0. The van der Waals surface area contributed by atoms with Crippen LogP contribution in [0.5, 0.6) is 0 Å². The minimum atomic E-state index is -0.0683. The maximum Gasteiger partial charge on any atom is 0.258 e. The Kier molecular flexibility index (Phi) is 3.65. The zero-order chi connectivity index (χ0) is 19.5. The van der Waals surface area contributed by atoms with Crippen LogP contribution in [0, 0.1) is 13.8 Å². The van der Waals surface area contributed by atoms with Crippen LogP contribution in [-0.4, -0.2) is 42.8 Å². The standard InChI is InChI=1S/C20H22N6O2/c1-11-15(16-17(25-20(3)5-6-20)22-10-23-18(16)28-11)19(27)26-7-4-14-13(9-26)8-21-12(2)24-14/h8,10H,4-7,9H2,1-3H3,(H,22,23,25). The third-order valence-electron chi connectivity index (χ3n) is 5.64. The second kappa shape index (κ2) is 5.98. The van der Waals surface area contributed by atoms with Gasteiger partial charge in [0.2, 0.25) is 5.71 Å². The van der Waals surface area contributed by atoms with Gasteiger partial charge in [0.15, 0.2) is 0 Å². The summed E-state index contributed by atoms with van der Waals surface area (Å²) >= 11 is 0. The van der Waals surface area contributed by atoms with Crippen molar-refractivity contribution in [2.75, 3.05) is 11.9 Å². The van der Waals surface area contributed by atoms with Crippen LogP contribution in [0.2, 0.25) is 0 Å². The average molecular weight is 378 g/mol. The molecule has 8 heteroatoms. The number of furan rings is 1. The molecule has 2 aliphatic rings. The Bertz CT molecular complexity index is 1100. The SMILES string of the molecule is Cc1ncc2c(n1)CCN(C(=O)c1c(C)oc3ncnc(NC4(C)CC4)c13)C2. The molecule has 0 saturated heterocycles. The number of hydrogen-bond donors (Lipinski definition) is 1. The summed E-state index contributed by atoms with van der Waals surface area (Å²) in [5, 5.41) is 4.14. The quantitative estimate of drug-likeness (QED) is 0.748. The van der Waals surface area contributed by atoms with Crippen LogP contribution in [0.1, 0.15) is 53.0 Å². The van der Waals surface area contributed by atoms with Gasteiger partial charge in [0.05, 0.1) is 16.6 Å². The van der Waals surface area contributed by atoms with E-state index >= 15 is 0 Å². The highest BCUT2D eigenvalue weighted by atomic mass is 16.3. The topological polar surface area (TPSA) is 97.0 Å². The first-order valence-corrected chi connectivity index (χ1v) is 9.56. The molecule has 5 rings (SSSR count). The smallest absolute Gasteiger partial charge is 0.258 e. The molecule has 28 heavy (non-hydrogen) atoms. The van der Waals surface area contributed by atoms with Crippen LogP contribution in [0.15, 0.2) is 16.9 Å². The second-order valence-electron chi connectivity index (χ2n) is 7.99. The molecule has 0 spiro atoms. The van der Waals surface area contributed by atoms with E-state index in [0.717, 1.165) is 36.3 Å². The lowest BCUT2D eigenvalue weighted by atomic mass is 10.0. The Labute approximate surface area is 162 Å². The normalized spacial score (nSPS) is 17.5. The van der Waals surface area contributed by atoms with Crippen molar-refractivity contribution in [1.29, 1.82) is 0 Å². The third-order valence-corrected chi connectivity index (χ3v) is 5.64. The second-order valence-corrected chi connectivity index (χ2v) is 7.99. The van der Waals surface area contributed by atoms with Gasteiger partial charge in [0, 0.05) is 36.8 Å². The fourth-order valence-corrected chi connectivity index (χ4v) is 3.74. The summed E-state index contributed by atoms with van der Waals surface area (Å²) < 4.78 is 5.81. The first-order chi connectivity index (χ1) is 13.4. The summed E-state index contributed by atoms with van der Waals surface area (Å²) in [6.45, 7) is 6.95. The molecule has 3 aromatic rings. The number of aromatic nitrogens is 4. The van der Waals surface area contributed by atoms with Crippen LogP contribution < -0.4 is 5.32 Å². The molecule has 0 bridgehead atoms. The lowest BCUT2D eigenvalue weighted by Crippen LogP contribution is -2.36. The first-order valence-electron chi connectivity index (χ1n) is 9.56. The van der Waals surface area contributed by atoms with Gasteiger partial charge in [-0.05, 0) is 33.6 Å². The van der Waals surface area contributed by atoms with Crippen molar-refractivity contribution in [1.82, 2.24) is 24.8 Å². The molecule has 1 saturated carbocycles. The summed E-state index contributed by atoms with van der Waals surface area (Å²) in [6.07, 6.45) is 6.19. The van der Waals surface area contributed by atoms with Gasteiger partial charge in [-0.15, -0.1) is 0 Å². The molecule has 1 amide bonds. The molecule has 144 valence electrons. The molecule has 1 N–H and O–H groups in total. The van der Waals surface area contributed by atoms with Crippen molar-refractivity contribution in [2.24, 2.45) is 0 Å². The van der Waals surface area contributed by atoms with Gasteiger partial charge in [-0.1, -0.05) is 0 Å². The number of fused-ring (bicyclic) bond motifs is 2. The zero-order valence-corrected chi connectivity index (χ0v) is 16.2. The van der Waals surface area contributed by atoms with Crippen LogP contribution in [0.25, 0.3) is 11.1 Å².